The van der Waals surface area contributed by atoms with Crippen molar-refractivity contribution in [2.45, 2.75) is 45.1 Å². The molecule has 1 atom stereocenters. The maximum Gasteiger partial charge on any atom is 0.159 e. The van der Waals surface area contributed by atoms with Crippen molar-refractivity contribution in [3.63, 3.8) is 0 Å². The monoisotopic (exact) mass is 242 g/mol. The number of nitrogens with zero attached hydrogens (tertiary/aromatic N) is 2. The molecule has 0 bridgehead atoms. The van der Waals surface area contributed by atoms with Gasteiger partial charge in [0.05, 0.1) is 5.60 Å². The first-order chi connectivity index (χ1) is 8.02. The molecule has 1 unspecified atom stereocenters. The average molecular weight is 242 g/mol. The van der Waals surface area contributed by atoms with Gasteiger partial charge in [0.2, 0.25) is 0 Å². The molecule has 1 rings (SSSR count). The molecule has 0 amide bonds. The normalized spacial score (nSPS) is 15.2. The van der Waals surface area contributed by atoms with Crippen LogP contribution in [0, 0.1) is 0 Å². The number of hydrogen-bond donors (Lipinski definition) is 1. The lowest BCUT2D eigenvalue weighted by atomic mass is 9.97. The summed E-state index contributed by atoms with van der Waals surface area (Å²) in [6.45, 7) is 4.67. The Morgan fingerprint density at radius 2 is 2.12 bits per heavy atom. The van der Waals surface area contributed by atoms with Crippen LogP contribution in [0.15, 0.2) is 12.4 Å². The molecule has 5 nitrogen and oxygen atoms in total. The number of aryl methyl sites for hydroxylation is 1. The first-order valence-corrected chi connectivity index (χ1v) is 5.80. The molecule has 0 spiro atoms. The predicted molar refractivity (Wildman–Crippen MR) is 64.7 cm³/mol. The van der Waals surface area contributed by atoms with Crippen LogP contribution >= 0.6 is 0 Å². The van der Waals surface area contributed by atoms with Crippen LogP contribution in [-0.2, 0) is 22.4 Å². The van der Waals surface area contributed by atoms with E-state index in [4.69, 9.17) is 9.47 Å². The van der Waals surface area contributed by atoms with E-state index in [1.807, 2.05) is 17.7 Å². The minimum Gasteiger partial charge on any atom is -0.390 e. The van der Waals surface area contributed by atoms with Crippen molar-refractivity contribution < 1.29 is 14.6 Å². The van der Waals surface area contributed by atoms with E-state index in [1.165, 1.54) is 0 Å². The fraction of sp³-hybridized carbons (Fsp3) is 0.750. The molecule has 0 saturated carbocycles. The number of methoxy groups -OCH3 is 2. The van der Waals surface area contributed by atoms with Crippen LogP contribution < -0.4 is 0 Å². The number of hydrogen-bond acceptors (Lipinski definition) is 4. The summed E-state index contributed by atoms with van der Waals surface area (Å²) in [7, 11) is 3.13. The second kappa shape index (κ2) is 6.14. The zero-order chi connectivity index (χ0) is 12.9. The van der Waals surface area contributed by atoms with Gasteiger partial charge >= 0.3 is 0 Å². The van der Waals surface area contributed by atoms with Crippen LogP contribution in [0.25, 0.3) is 0 Å². The van der Waals surface area contributed by atoms with Gasteiger partial charge in [-0.15, -0.1) is 0 Å². The van der Waals surface area contributed by atoms with Crippen molar-refractivity contribution in [3.8, 4) is 0 Å². The molecule has 0 radical (unpaired) electrons. The van der Waals surface area contributed by atoms with Crippen molar-refractivity contribution in [2.24, 2.45) is 0 Å². The van der Waals surface area contributed by atoms with Crippen molar-refractivity contribution in [1.82, 2.24) is 9.55 Å². The molecule has 1 N–H and O–H groups in total. The fourth-order valence-electron chi connectivity index (χ4n) is 1.83. The Bertz CT molecular complexity index is 332. The van der Waals surface area contributed by atoms with E-state index in [-0.39, 0.29) is 0 Å². The molecule has 17 heavy (non-hydrogen) atoms. The van der Waals surface area contributed by atoms with Crippen molar-refractivity contribution in [2.75, 3.05) is 14.2 Å². The SMILES string of the molecule is CCn1ccnc1CC(C)(O)CC(OC)OC. The van der Waals surface area contributed by atoms with Gasteiger partial charge in [-0.25, -0.2) is 4.98 Å². The van der Waals surface area contributed by atoms with Gasteiger partial charge in [0.25, 0.3) is 0 Å². The van der Waals surface area contributed by atoms with Gasteiger partial charge in [0.15, 0.2) is 6.29 Å². The van der Waals surface area contributed by atoms with Gasteiger partial charge < -0.3 is 19.1 Å². The topological polar surface area (TPSA) is 56.5 Å². The highest BCUT2D eigenvalue weighted by Gasteiger charge is 2.27. The van der Waals surface area contributed by atoms with E-state index in [9.17, 15) is 5.11 Å². The zero-order valence-corrected chi connectivity index (χ0v) is 11.0. The first kappa shape index (κ1) is 14.2. The number of aromatic nitrogens is 2. The Morgan fingerprint density at radius 3 is 2.65 bits per heavy atom. The smallest absolute Gasteiger partial charge is 0.159 e. The van der Waals surface area contributed by atoms with Crippen LogP contribution in [0.1, 0.15) is 26.1 Å². The van der Waals surface area contributed by atoms with Gasteiger partial charge in [-0.1, -0.05) is 0 Å². The third-order valence-corrected chi connectivity index (χ3v) is 2.81. The number of ether oxygens (including phenoxy) is 2. The fourth-order valence-corrected chi connectivity index (χ4v) is 1.83. The second-order valence-corrected chi connectivity index (χ2v) is 4.41. The van der Waals surface area contributed by atoms with Gasteiger partial charge in [0, 0.05) is 46.0 Å². The summed E-state index contributed by atoms with van der Waals surface area (Å²) >= 11 is 0. The van der Waals surface area contributed by atoms with E-state index in [0.29, 0.717) is 12.8 Å². The summed E-state index contributed by atoms with van der Waals surface area (Å²) in [5.41, 5.74) is -0.894. The lowest BCUT2D eigenvalue weighted by Gasteiger charge is -2.26. The average Bonchev–Trinajstić information content (AvgIpc) is 2.72. The molecule has 0 aliphatic heterocycles. The Morgan fingerprint density at radius 1 is 1.47 bits per heavy atom. The molecule has 5 heteroatoms. The first-order valence-electron chi connectivity index (χ1n) is 5.80. The van der Waals surface area contributed by atoms with Crippen LogP contribution in [-0.4, -0.2) is 40.8 Å². The molecule has 0 aliphatic carbocycles. The third-order valence-electron chi connectivity index (χ3n) is 2.81. The summed E-state index contributed by atoms with van der Waals surface area (Å²) in [4.78, 5) is 4.25. The third kappa shape index (κ3) is 4.11. The number of aliphatic hydroxyl groups is 1. The molecule has 0 fully saturated rings. The molecule has 98 valence electrons. The number of imidazole rings is 1. The minimum absolute atomic E-state index is 0.393. The van der Waals surface area contributed by atoms with Crippen molar-refractivity contribution in [1.29, 1.82) is 0 Å². The minimum atomic E-state index is -0.894. The molecule has 1 aromatic heterocycles. The summed E-state index contributed by atoms with van der Waals surface area (Å²) in [6.07, 6.45) is 4.16. The highest BCUT2D eigenvalue weighted by atomic mass is 16.7. The van der Waals surface area contributed by atoms with Crippen LogP contribution in [0.3, 0.4) is 0 Å². The van der Waals surface area contributed by atoms with E-state index in [1.54, 1.807) is 27.3 Å². The lowest BCUT2D eigenvalue weighted by molar-refractivity contribution is -0.140. The molecular weight excluding hydrogens is 220 g/mol. The molecule has 1 heterocycles. The number of rotatable bonds is 7. The quantitative estimate of drug-likeness (QED) is 0.730. The van der Waals surface area contributed by atoms with E-state index >= 15 is 0 Å². The van der Waals surface area contributed by atoms with E-state index in [0.717, 1.165) is 12.4 Å². The lowest BCUT2D eigenvalue weighted by Crippen LogP contribution is -2.35. The molecule has 0 saturated heterocycles. The standard InChI is InChI=1S/C12H22N2O3/c1-5-14-7-6-13-10(14)8-12(2,15)9-11(16-3)17-4/h6-7,11,15H,5,8-9H2,1-4H3. The van der Waals surface area contributed by atoms with Crippen molar-refractivity contribution in [3.05, 3.63) is 18.2 Å². The van der Waals surface area contributed by atoms with E-state index in [2.05, 4.69) is 4.98 Å². The summed E-state index contributed by atoms with van der Waals surface area (Å²) in [5.74, 6) is 0.878. The van der Waals surface area contributed by atoms with Crippen LogP contribution in [0.2, 0.25) is 0 Å². The summed E-state index contributed by atoms with van der Waals surface area (Å²) < 4.78 is 12.2. The van der Waals surface area contributed by atoms with Gasteiger partial charge in [-0.3, -0.25) is 0 Å². The molecular formula is C12H22N2O3. The summed E-state index contributed by atoms with van der Waals surface area (Å²) in [6, 6.07) is 0. The largest absolute Gasteiger partial charge is 0.390 e. The van der Waals surface area contributed by atoms with Crippen LogP contribution in [0.4, 0.5) is 0 Å². The predicted octanol–water partition coefficient (Wildman–Crippen LogP) is 1.21. The Hall–Kier alpha value is -0.910. The summed E-state index contributed by atoms with van der Waals surface area (Å²) in [5, 5.41) is 10.3. The van der Waals surface area contributed by atoms with E-state index < -0.39 is 11.9 Å². The van der Waals surface area contributed by atoms with Crippen LogP contribution in [0.5, 0.6) is 0 Å². The second-order valence-electron chi connectivity index (χ2n) is 4.41. The van der Waals surface area contributed by atoms with Crippen molar-refractivity contribution >= 4 is 0 Å². The Kier molecular flexibility index (Phi) is 5.11. The Labute approximate surface area is 102 Å². The maximum absolute atomic E-state index is 10.3. The van der Waals surface area contributed by atoms with Gasteiger partial charge in [-0.05, 0) is 13.8 Å². The molecule has 0 aliphatic rings. The zero-order valence-electron chi connectivity index (χ0n) is 11.0. The highest BCUT2D eigenvalue weighted by Crippen LogP contribution is 2.19. The van der Waals surface area contributed by atoms with Gasteiger partial charge in [0.1, 0.15) is 5.82 Å². The molecule has 0 aromatic carbocycles. The molecule has 1 aromatic rings. The maximum atomic E-state index is 10.3. The Balaban J connectivity index is 2.65. The van der Waals surface area contributed by atoms with Gasteiger partial charge in [-0.2, -0.15) is 0 Å². The highest BCUT2D eigenvalue weighted by molar-refractivity contribution is 4.97.